The third-order valence-electron chi connectivity index (χ3n) is 3.52. The minimum absolute atomic E-state index is 0.225. The number of nitriles is 1. The van der Waals surface area contributed by atoms with Gasteiger partial charge in [-0.15, -0.1) is 0 Å². The van der Waals surface area contributed by atoms with Crippen molar-refractivity contribution in [2.75, 3.05) is 0 Å². The average Bonchev–Trinajstić information content (AvgIpc) is 2.47. The Balaban J connectivity index is 2.68. The fourth-order valence-corrected chi connectivity index (χ4v) is 2.81. The lowest BCUT2D eigenvalue weighted by atomic mass is 9.81. The van der Waals surface area contributed by atoms with Crippen LogP contribution in [0.3, 0.4) is 0 Å². The van der Waals surface area contributed by atoms with Gasteiger partial charge in [-0.2, -0.15) is 5.26 Å². The maximum Gasteiger partial charge on any atom is 0.129 e. The van der Waals surface area contributed by atoms with Crippen molar-refractivity contribution in [3.63, 3.8) is 0 Å². The van der Waals surface area contributed by atoms with E-state index in [1.807, 2.05) is 6.92 Å². The van der Waals surface area contributed by atoms with E-state index in [-0.39, 0.29) is 10.9 Å². The highest BCUT2D eigenvalue weighted by Gasteiger charge is 2.31. The van der Waals surface area contributed by atoms with Crippen LogP contribution in [0.2, 0.25) is 5.02 Å². The molecule has 1 heterocycles. The number of rotatable bonds is 3. The number of hydrogen-bond donors (Lipinski definition) is 2. The molecule has 114 valence electrons. The van der Waals surface area contributed by atoms with Crippen molar-refractivity contribution in [1.82, 2.24) is 0 Å². The van der Waals surface area contributed by atoms with Crippen molar-refractivity contribution < 1.29 is 4.39 Å². The molecule has 1 aliphatic rings. The van der Waals surface area contributed by atoms with Gasteiger partial charge in [-0.1, -0.05) is 31.0 Å². The van der Waals surface area contributed by atoms with Crippen molar-refractivity contribution in [3.8, 4) is 6.07 Å². The SMILES string of the molecule is CCCC1=C(C#N)C(c2ccc(F)cc2Cl)/C(=C/N)C(N)=N1. The number of allylic oxidation sites excluding steroid dienone is 2. The number of nitrogens with zero attached hydrogens (tertiary/aromatic N) is 2. The van der Waals surface area contributed by atoms with E-state index in [4.69, 9.17) is 23.1 Å². The second-order valence-electron chi connectivity index (χ2n) is 4.94. The molecule has 0 aromatic heterocycles. The molecule has 6 heteroatoms. The molecule has 0 saturated heterocycles. The Kier molecular flexibility index (Phi) is 4.84. The standard InChI is InChI=1S/C16H16ClFN4/c1-2-3-14-11(7-19)15(12(8-20)16(21)22-14)10-5-4-9(18)6-13(10)17/h4-6,8,15H,2-3,20H2,1H3,(H2,21,22)/b12-8-. The van der Waals surface area contributed by atoms with Gasteiger partial charge in [0, 0.05) is 16.8 Å². The van der Waals surface area contributed by atoms with Crippen LogP contribution in [0.15, 0.2) is 46.2 Å². The van der Waals surface area contributed by atoms with Gasteiger partial charge in [0.15, 0.2) is 0 Å². The van der Waals surface area contributed by atoms with Crippen molar-refractivity contribution >= 4 is 17.4 Å². The number of amidine groups is 1. The van der Waals surface area contributed by atoms with Crippen LogP contribution in [0.25, 0.3) is 0 Å². The van der Waals surface area contributed by atoms with Gasteiger partial charge in [-0.25, -0.2) is 9.38 Å². The minimum atomic E-state index is -0.526. The Morgan fingerprint density at radius 3 is 2.77 bits per heavy atom. The van der Waals surface area contributed by atoms with Crippen molar-refractivity contribution in [1.29, 1.82) is 5.26 Å². The molecule has 1 atom stereocenters. The molecule has 1 unspecified atom stereocenters. The smallest absolute Gasteiger partial charge is 0.129 e. The highest BCUT2D eigenvalue weighted by Crippen LogP contribution is 2.40. The Labute approximate surface area is 133 Å². The van der Waals surface area contributed by atoms with Gasteiger partial charge in [0.25, 0.3) is 0 Å². The first kappa shape index (κ1) is 16.1. The largest absolute Gasteiger partial charge is 0.404 e. The minimum Gasteiger partial charge on any atom is -0.404 e. The van der Waals surface area contributed by atoms with Gasteiger partial charge in [0.05, 0.1) is 23.3 Å². The maximum atomic E-state index is 13.3. The summed E-state index contributed by atoms with van der Waals surface area (Å²) in [6.45, 7) is 1.99. The fraction of sp³-hybridized carbons (Fsp3) is 0.250. The second kappa shape index (κ2) is 6.63. The molecule has 4 N–H and O–H groups in total. The summed E-state index contributed by atoms with van der Waals surface area (Å²) in [5.41, 5.74) is 13.8. The Morgan fingerprint density at radius 2 is 2.23 bits per heavy atom. The van der Waals surface area contributed by atoms with E-state index < -0.39 is 11.7 Å². The fourth-order valence-electron chi connectivity index (χ4n) is 2.54. The highest BCUT2D eigenvalue weighted by molar-refractivity contribution is 6.31. The van der Waals surface area contributed by atoms with Crippen LogP contribution in [0.4, 0.5) is 4.39 Å². The molecule has 4 nitrogen and oxygen atoms in total. The van der Waals surface area contributed by atoms with Crippen LogP contribution in [0.1, 0.15) is 31.2 Å². The third kappa shape index (κ3) is 2.83. The molecule has 0 radical (unpaired) electrons. The van der Waals surface area contributed by atoms with Crippen LogP contribution >= 0.6 is 11.6 Å². The van der Waals surface area contributed by atoms with Crippen molar-refractivity contribution in [3.05, 3.63) is 57.6 Å². The lowest BCUT2D eigenvalue weighted by molar-refractivity contribution is 0.627. The maximum absolute atomic E-state index is 13.3. The molecule has 1 aromatic carbocycles. The number of halogens is 2. The van der Waals surface area contributed by atoms with Gasteiger partial charge < -0.3 is 11.5 Å². The first-order valence-electron chi connectivity index (χ1n) is 6.87. The van der Waals surface area contributed by atoms with E-state index in [9.17, 15) is 9.65 Å². The molecule has 0 amide bonds. The van der Waals surface area contributed by atoms with Crippen LogP contribution in [0.5, 0.6) is 0 Å². The van der Waals surface area contributed by atoms with E-state index >= 15 is 0 Å². The zero-order chi connectivity index (χ0) is 16.3. The van der Waals surface area contributed by atoms with Crippen LogP contribution < -0.4 is 11.5 Å². The average molecular weight is 319 g/mol. The summed E-state index contributed by atoms with van der Waals surface area (Å²) in [5.74, 6) is -0.710. The van der Waals surface area contributed by atoms with Crippen LogP contribution in [-0.2, 0) is 0 Å². The van der Waals surface area contributed by atoms with Gasteiger partial charge in [0.1, 0.15) is 11.7 Å². The van der Waals surface area contributed by atoms with Gasteiger partial charge in [-0.05, 0) is 24.1 Å². The number of hydrogen-bond acceptors (Lipinski definition) is 4. The molecule has 1 aromatic rings. The molecule has 2 rings (SSSR count). The molecular formula is C16H16ClFN4. The summed E-state index contributed by atoms with van der Waals surface area (Å²) in [7, 11) is 0. The zero-order valence-corrected chi connectivity index (χ0v) is 12.9. The molecule has 0 fully saturated rings. The molecular weight excluding hydrogens is 303 g/mol. The summed E-state index contributed by atoms with van der Waals surface area (Å²) < 4.78 is 13.3. The summed E-state index contributed by atoms with van der Waals surface area (Å²) in [6, 6.07) is 6.24. The zero-order valence-electron chi connectivity index (χ0n) is 12.1. The van der Waals surface area contributed by atoms with Gasteiger partial charge in [0.2, 0.25) is 0 Å². The normalized spacial score (nSPS) is 20.0. The van der Waals surface area contributed by atoms with Gasteiger partial charge >= 0.3 is 0 Å². The highest BCUT2D eigenvalue weighted by atomic mass is 35.5. The topological polar surface area (TPSA) is 88.2 Å². The van der Waals surface area contributed by atoms with E-state index in [0.717, 1.165) is 6.42 Å². The summed E-state index contributed by atoms with van der Waals surface area (Å²) >= 11 is 6.16. The van der Waals surface area contributed by atoms with E-state index in [2.05, 4.69) is 11.1 Å². The van der Waals surface area contributed by atoms with E-state index in [0.29, 0.717) is 28.8 Å². The van der Waals surface area contributed by atoms with Gasteiger partial charge in [-0.3, -0.25) is 0 Å². The van der Waals surface area contributed by atoms with E-state index in [1.54, 1.807) is 6.07 Å². The van der Waals surface area contributed by atoms with Crippen LogP contribution in [0, 0.1) is 17.1 Å². The summed E-state index contributed by atoms with van der Waals surface area (Å²) in [5, 5.41) is 9.79. The predicted molar refractivity (Wildman–Crippen MR) is 85.6 cm³/mol. The Hall–Kier alpha value is -2.32. The number of benzene rings is 1. The van der Waals surface area contributed by atoms with Crippen LogP contribution in [-0.4, -0.2) is 5.84 Å². The Morgan fingerprint density at radius 1 is 1.50 bits per heavy atom. The molecule has 22 heavy (non-hydrogen) atoms. The van der Waals surface area contributed by atoms with Crippen molar-refractivity contribution in [2.45, 2.75) is 25.7 Å². The number of nitrogens with two attached hydrogens (primary N) is 2. The Bertz CT molecular complexity index is 728. The third-order valence-corrected chi connectivity index (χ3v) is 3.85. The molecule has 0 saturated carbocycles. The monoisotopic (exact) mass is 318 g/mol. The molecule has 0 bridgehead atoms. The first-order valence-corrected chi connectivity index (χ1v) is 7.25. The van der Waals surface area contributed by atoms with Crippen molar-refractivity contribution in [2.24, 2.45) is 16.5 Å². The lowest BCUT2D eigenvalue weighted by Crippen LogP contribution is -2.27. The number of aliphatic imine (C=N–C) groups is 1. The molecule has 1 aliphatic heterocycles. The first-order chi connectivity index (χ1) is 10.5. The quantitative estimate of drug-likeness (QED) is 0.895. The second-order valence-corrected chi connectivity index (χ2v) is 5.35. The molecule has 0 aliphatic carbocycles. The summed E-state index contributed by atoms with van der Waals surface area (Å²) in [4.78, 5) is 4.29. The molecule has 0 spiro atoms. The lowest BCUT2D eigenvalue weighted by Gasteiger charge is -2.26. The predicted octanol–water partition coefficient (Wildman–Crippen LogP) is 3.35. The summed E-state index contributed by atoms with van der Waals surface area (Å²) in [6.07, 6.45) is 2.77. The van der Waals surface area contributed by atoms with E-state index in [1.165, 1.54) is 18.3 Å².